The number of nitrogens with zero attached hydrogens (tertiary/aromatic N) is 3. The summed E-state index contributed by atoms with van der Waals surface area (Å²) in [7, 11) is 0. The van der Waals surface area contributed by atoms with Crippen molar-refractivity contribution in [3.8, 4) is 17.2 Å². The molecule has 9 heteroatoms. The largest absolute Gasteiger partial charge is 0.488 e. The molecule has 3 aromatic rings. The van der Waals surface area contributed by atoms with Crippen LogP contribution < -0.4 is 14.8 Å². The molecule has 0 unspecified atom stereocenters. The second-order valence-corrected chi connectivity index (χ2v) is 7.83. The van der Waals surface area contributed by atoms with Gasteiger partial charge >= 0.3 is 0 Å². The molecule has 1 N–H and O–H groups in total. The van der Waals surface area contributed by atoms with Crippen LogP contribution >= 0.6 is 0 Å². The summed E-state index contributed by atoms with van der Waals surface area (Å²) in [6, 6.07) is 11.7. The molecule has 0 spiro atoms. The van der Waals surface area contributed by atoms with E-state index < -0.39 is 4.92 Å². The summed E-state index contributed by atoms with van der Waals surface area (Å²) in [4.78, 5) is 22.7. The Morgan fingerprint density at radius 2 is 2.06 bits per heavy atom. The molecule has 1 amide bonds. The minimum atomic E-state index is -0.468. The SMILES string of the molecule is CC1(C)Cc2cccc(OCCNC(=O)c3cnn(-c4ccc([N+](=O)[O-])cc4)c3)c2O1. The third-order valence-corrected chi connectivity index (χ3v) is 4.87. The van der Waals surface area contributed by atoms with E-state index in [1.54, 1.807) is 18.3 Å². The summed E-state index contributed by atoms with van der Waals surface area (Å²) >= 11 is 0. The molecule has 2 aromatic carbocycles. The maximum Gasteiger partial charge on any atom is 0.269 e. The molecule has 1 aliphatic rings. The van der Waals surface area contributed by atoms with Gasteiger partial charge in [-0.05, 0) is 32.0 Å². The van der Waals surface area contributed by atoms with Crippen LogP contribution in [0.15, 0.2) is 54.9 Å². The minimum absolute atomic E-state index is 0.00750. The maximum absolute atomic E-state index is 12.4. The Balaban J connectivity index is 1.31. The van der Waals surface area contributed by atoms with E-state index in [1.807, 2.05) is 32.0 Å². The first kappa shape index (κ1) is 20.4. The van der Waals surface area contributed by atoms with Gasteiger partial charge in [-0.1, -0.05) is 12.1 Å². The highest BCUT2D eigenvalue weighted by atomic mass is 16.6. The first-order valence-corrected chi connectivity index (χ1v) is 9.84. The molecule has 1 aromatic heterocycles. The number of nitrogens with one attached hydrogen (secondary N) is 1. The van der Waals surface area contributed by atoms with Crippen molar-refractivity contribution in [2.75, 3.05) is 13.2 Å². The number of carbonyl (C=O) groups excluding carboxylic acids is 1. The Labute approximate surface area is 178 Å². The van der Waals surface area contributed by atoms with Gasteiger partial charge in [0, 0.05) is 30.3 Å². The van der Waals surface area contributed by atoms with Crippen LogP contribution in [0, 0.1) is 10.1 Å². The molecule has 0 fully saturated rings. The lowest BCUT2D eigenvalue weighted by Gasteiger charge is -2.18. The number of fused-ring (bicyclic) bond motifs is 1. The fourth-order valence-electron chi connectivity index (χ4n) is 3.44. The van der Waals surface area contributed by atoms with E-state index in [2.05, 4.69) is 10.4 Å². The number of rotatable bonds is 7. The lowest BCUT2D eigenvalue weighted by atomic mass is 10.0. The van der Waals surface area contributed by atoms with Gasteiger partial charge in [0.05, 0.1) is 28.9 Å². The lowest BCUT2D eigenvalue weighted by Crippen LogP contribution is -2.28. The highest BCUT2D eigenvalue weighted by Crippen LogP contribution is 2.41. The molecule has 0 saturated carbocycles. The molecule has 1 aliphatic heterocycles. The van der Waals surface area contributed by atoms with Crippen molar-refractivity contribution >= 4 is 11.6 Å². The van der Waals surface area contributed by atoms with E-state index in [0.29, 0.717) is 30.2 Å². The first-order valence-electron chi connectivity index (χ1n) is 9.84. The van der Waals surface area contributed by atoms with Crippen LogP contribution in [0.4, 0.5) is 5.69 Å². The molecule has 0 saturated heterocycles. The van der Waals surface area contributed by atoms with Gasteiger partial charge in [-0.25, -0.2) is 4.68 Å². The Morgan fingerprint density at radius 1 is 1.29 bits per heavy atom. The zero-order chi connectivity index (χ0) is 22.0. The summed E-state index contributed by atoms with van der Waals surface area (Å²) in [6.45, 7) is 4.68. The number of aromatic nitrogens is 2. The van der Waals surface area contributed by atoms with Gasteiger partial charge in [-0.2, -0.15) is 5.10 Å². The molecule has 0 radical (unpaired) electrons. The number of nitro benzene ring substituents is 1. The van der Waals surface area contributed by atoms with Crippen molar-refractivity contribution in [2.24, 2.45) is 0 Å². The average molecular weight is 422 g/mol. The monoisotopic (exact) mass is 422 g/mol. The van der Waals surface area contributed by atoms with Gasteiger partial charge in [0.25, 0.3) is 11.6 Å². The highest BCUT2D eigenvalue weighted by molar-refractivity contribution is 5.93. The normalized spacial score (nSPS) is 13.9. The number of non-ortho nitro benzene ring substituents is 1. The van der Waals surface area contributed by atoms with Crippen LogP contribution in [-0.2, 0) is 6.42 Å². The Hall–Kier alpha value is -3.88. The van der Waals surface area contributed by atoms with Crippen molar-refractivity contribution in [1.29, 1.82) is 0 Å². The van der Waals surface area contributed by atoms with Gasteiger partial charge < -0.3 is 14.8 Å². The maximum atomic E-state index is 12.4. The molecule has 4 rings (SSSR count). The quantitative estimate of drug-likeness (QED) is 0.356. The predicted molar refractivity (Wildman–Crippen MR) is 113 cm³/mol. The van der Waals surface area contributed by atoms with Crippen molar-refractivity contribution in [3.05, 3.63) is 76.1 Å². The smallest absolute Gasteiger partial charge is 0.269 e. The summed E-state index contributed by atoms with van der Waals surface area (Å²) in [6.07, 6.45) is 3.84. The number of benzene rings is 2. The standard InChI is InChI=1S/C22H22N4O5/c1-22(2)12-15-4-3-5-19(20(15)31-22)30-11-10-23-21(27)16-13-24-25(14-16)17-6-8-18(9-7-17)26(28)29/h3-9,13-14H,10-12H2,1-2H3,(H,23,27). The summed E-state index contributed by atoms with van der Waals surface area (Å²) in [5.41, 5.74) is 1.86. The molecule has 0 aliphatic carbocycles. The van der Waals surface area contributed by atoms with E-state index in [-0.39, 0.29) is 17.2 Å². The number of carbonyl (C=O) groups is 1. The number of hydrogen-bond donors (Lipinski definition) is 1. The molecular formula is C22H22N4O5. The Morgan fingerprint density at radius 3 is 2.81 bits per heavy atom. The van der Waals surface area contributed by atoms with Gasteiger partial charge in [0.2, 0.25) is 0 Å². The van der Waals surface area contributed by atoms with E-state index in [4.69, 9.17) is 9.47 Å². The van der Waals surface area contributed by atoms with Crippen molar-refractivity contribution in [2.45, 2.75) is 25.9 Å². The van der Waals surface area contributed by atoms with Crippen LogP contribution in [0.3, 0.4) is 0 Å². The van der Waals surface area contributed by atoms with Crippen LogP contribution in [0.5, 0.6) is 11.5 Å². The van der Waals surface area contributed by atoms with E-state index in [1.165, 1.54) is 23.0 Å². The summed E-state index contributed by atoms with van der Waals surface area (Å²) in [5.74, 6) is 1.15. The van der Waals surface area contributed by atoms with Crippen molar-refractivity contribution in [1.82, 2.24) is 15.1 Å². The lowest BCUT2D eigenvalue weighted by molar-refractivity contribution is -0.384. The zero-order valence-electron chi connectivity index (χ0n) is 17.2. The molecule has 9 nitrogen and oxygen atoms in total. The number of hydrogen-bond acceptors (Lipinski definition) is 6. The third-order valence-electron chi connectivity index (χ3n) is 4.87. The Bertz CT molecular complexity index is 1120. The van der Waals surface area contributed by atoms with Gasteiger partial charge in [0.1, 0.15) is 12.2 Å². The van der Waals surface area contributed by atoms with Gasteiger partial charge in [0.15, 0.2) is 11.5 Å². The number of ether oxygens (including phenoxy) is 2. The molecule has 0 atom stereocenters. The van der Waals surface area contributed by atoms with Crippen LogP contribution in [0.2, 0.25) is 0 Å². The Kier molecular flexibility index (Phi) is 5.33. The highest BCUT2D eigenvalue weighted by Gasteiger charge is 2.32. The predicted octanol–water partition coefficient (Wildman–Crippen LogP) is 3.30. The topological polar surface area (TPSA) is 109 Å². The third kappa shape index (κ3) is 4.50. The molecule has 160 valence electrons. The summed E-state index contributed by atoms with van der Waals surface area (Å²) in [5, 5.41) is 17.7. The number of para-hydroxylation sites is 1. The van der Waals surface area contributed by atoms with Crippen LogP contribution in [0.1, 0.15) is 29.8 Å². The first-order chi connectivity index (χ1) is 14.8. The van der Waals surface area contributed by atoms with Gasteiger partial charge in [-0.3, -0.25) is 14.9 Å². The number of amides is 1. The minimum Gasteiger partial charge on any atom is -0.488 e. The van der Waals surface area contributed by atoms with Crippen molar-refractivity contribution in [3.63, 3.8) is 0 Å². The van der Waals surface area contributed by atoms with Crippen LogP contribution in [0.25, 0.3) is 5.69 Å². The number of nitro groups is 1. The van der Waals surface area contributed by atoms with Crippen LogP contribution in [-0.4, -0.2) is 39.4 Å². The van der Waals surface area contributed by atoms with E-state index in [9.17, 15) is 14.9 Å². The second-order valence-electron chi connectivity index (χ2n) is 7.83. The molecular weight excluding hydrogens is 400 g/mol. The van der Waals surface area contributed by atoms with E-state index >= 15 is 0 Å². The fourth-order valence-corrected chi connectivity index (χ4v) is 3.44. The molecule has 2 heterocycles. The fraction of sp³-hybridized carbons (Fsp3) is 0.273. The van der Waals surface area contributed by atoms with Gasteiger partial charge in [-0.15, -0.1) is 0 Å². The zero-order valence-corrected chi connectivity index (χ0v) is 17.2. The molecule has 31 heavy (non-hydrogen) atoms. The second kappa shape index (κ2) is 8.10. The van der Waals surface area contributed by atoms with Crippen molar-refractivity contribution < 1.29 is 19.2 Å². The average Bonchev–Trinajstić information content (AvgIpc) is 3.35. The summed E-state index contributed by atoms with van der Waals surface area (Å²) < 4.78 is 13.3. The van der Waals surface area contributed by atoms with E-state index in [0.717, 1.165) is 17.7 Å². The molecule has 0 bridgehead atoms.